The van der Waals surface area contributed by atoms with E-state index in [-0.39, 0.29) is 17.5 Å². The van der Waals surface area contributed by atoms with Crippen molar-refractivity contribution in [2.75, 3.05) is 0 Å². The fourth-order valence-electron chi connectivity index (χ4n) is 2.02. The summed E-state index contributed by atoms with van der Waals surface area (Å²) in [7, 11) is 0. The van der Waals surface area contributed by atoms with Crippen molar-refractivity contribution in [1.82, 2.24) is 0 Å². The standard InChI is InChI=1S/C9H12O2.W/c1-6-3-4-9(2)5-7(6)11-8(9)10;/h6-7H,4-5H2,1-2H3;/t6-,7+,9-;/m1./s1. The second kappa shape index (κ2) is 2.51. The summed E-state index contributed by atoms with van der Waals surface area (Å²) in [6.07, 6.45) is 2.08. The van der Waals surface area contributed by atoms with E-state index in [2.05, 4.69) is 6.92 Å². The molecule has 0 aromatic rings. The van der Waals surface area contributed by atoms with E-state index in [0.29, 0.717) is 5.92 Å². The molecule has 2 fully saturated rings. The van der Waals surface area contributed by atoms with Crippen LogP contribution in [-0.4, -0.2) is 16.0 Å². The molecular weight excluding hydrogens is 324 g/mol. The number of rotatable bonds is 0. The molecule has 0 spiro atoms. The van der Waals surface area contributed by atoms with Crippen LogP contribution in [0, 0.1) is 11.3 Å². The second-order valence-electron chi connectivity index (χ2n) is 4.14. The van der Waals surface area contributed by atoms with Crippen molar-refractivity contribution in [2.24, 2.45) is 11.3 Å². The first-order chi connectivity index (χ1) is 5.53. The van der Waals surface area contributed by atoms with Gasteiger partial charge in [-0.25, -0.2) is 0 Å². The van der Waals surface area contributed by atoms with Gasteiger partial charge in [0.15, 0.2) is 0 Å². The molecule has 0 amide bonds. The molecule has 2 nitrogen and oxygen atoms in total. The first-order valence-electron chi connectivity index (χ1n) is 4.27. The van der Waals surface area contributed by atoms with E-state index >= 15 is 0 Å². The Morgan fingerprint density at radius 1 is 1.67 bits per heavy atom. The van der Waals surface area contributed by atoms with Crippen LogP contribution in [0.3, 0.4) is 0 Å². The van der Waals surface area contributed by atoms with E-state index in [1.165, 1.54) is 23.3 Å². The number of esters is 1. The summed E-state index contributed by atoms with van der Waals surface area (Å²) in [4.78, 5) is 11.4. The Morgan fingerprint density at radius 3 is 3.00 bits per heavy atom. The topological polar surface area (TPSA) is 26.3 Å². The molecule has 2 bridgehead atoms. The minimum absolute atomic E-state index is 0.0237. The fourth-order valence-corrected chi connectivity index (χ4v) is 3.71. The van der Waals surface area contributed by atoms with E-state index in [0.717, 1.165) is 12.8 Å². The SMILES string of the molecule is C[C@@H]1[C](=[W])C[C@]2(C)C[C@@H]1OC2=O. The van der Waals surface area contributed by atoms with Crippen LogP contribution >= 0.6 is 0 Å². The van der Waals surface area contributed by atoms with Crippen molar-refractivity contribution in [2.45, 2.75) is 32.8 Å². The monoisotopic (exact) mass is 336 g/mol. The average Bonchev–Trinajstić information content (AvgIpc) is 2.22. The predicted molar refractivity (Wildman–Crippen MR) is 41.4 cm³/mol. The van der Waals surface area contributed by atoms with Crippen molar-refractivity contribution >= 4 is 9.87 Å². The van der Waals surface area contributed by atoms with Gasteiger partial charge in [-0.05, 0) is 0 Å². The van der Waals surface area contributed by atoms with E-state index in [9.17, 15) is 4.79 Å². The maximum atomic E-state index is 11.4. The molecule has 12 heavy (non-hydrogen) atoms. The van der Waals surface area contributed by atoms with Crippen molar-refractivity contribution in [3.8, 4) is 0 Å². The molecule has 2 aliphatic rings. The summed E-state index contributed by atoms with van der Waals surface area (Å²) < 4.78 is 6.82. The third-order valence-corrected chi connectivity index (χ3v) is 4.89. The van der Waals surface area contributed by atoms with E-state index in [1.54, 1.807) is 0 Å². The first-order valence-corrected chi connectivity index (χ1v) is 5.73. The number of fused-ring (bicyclic) bond motifs is 2. The third-order valence-electron chi connectivity index (χ3n) is 3.03. The van der Waals surface area contributed by atoms with Crippen molar-refractivity contribution in [3.05, 3.63) is 0 Å². The molecule has 1 aliphatic heterocycles. The quantitative estimate of drug-likeness (QED) is 0.619. The van der Waals surface area contributed by atoms with Gasteiger partial charge in [-0.2, -0.15) is 0 Å². The van der Waals surface area contributed by atoms with Gasteiger partial charge in [-0.3, -0.25) is 0 Å². The first kappa shape index (κ1) is 8.62. The molecule has 0 N–H and O–H groups in total. The summed E-state index contributed by atoms with van der Waals surface area (Å²) in [5.74, 6) is 0.523. The van der Waals surface area contributed by atoms with Gasteiger partial charge >= 0.3 is 82.9 Å². The Hall–Kier alpha value is 0.0283. The van der Waals surface area contributed by atoms with E-state index < -0.39 is 0 Å². The molecule has 1 saturated heterocycles. The van der Waals surface area contributed by atoms with Crippen LogP contribution in [0.5, 0.6) is 0 Å². The molecule has 1 aliphatic carbocycles. The summed E-state index contributed by atoms with van der Waals surface area (Å²) in [5.41, 5.74) is -0.172. The van der Waals surface area contributed by atoms with Gasteiger partial charge in [0.1, 0.15) is 0 Å². The minimum atomic E-state index is -0.172. The number of carbonyl (C=O) groups is 1. The Labute approximate surface area is 83.1 Å². The number of hydrogen-bond donors (Lipinski definition) is 0. The van der Waals surface area contributed by atoms with Gasteiger partial charge in [0.2, 0.25) is 0 Å². The molecular formula is C9H12O2W. The molecule has 2 rings (SSSR count). The molecule has 3 heteroatoms. The summed E-state index contributed by atoms with van der Waals surface area (Å²) in [6, 6.07) is 0. The van der Waals surface area contributed by atoms with Crippen LogP contribution in [0.2, 0.25) is 0 Å². The Kier molecular flexibility index (Phi) is 1.80. The zero-order valence-corrected chi connectivity index (χ0v) is 10.2. The summed E-state index contributed by atoms with van der Waals surface area (Å²) in [5, 5.41) is 0. The van der Waals surface area contributed by atoms with Crippen LogP contribution in [0.15, 0.2) is 0 Å². The van der Waals surface area contributed by atoms with E-state index in [1.807, 2.05) is 6.92 Å². The van der Waals surface area contributed by atoms with Gasteiger partial charge < -0.3 is 0 Å². The van der Waals surface area contributed by atoms with Gasteiger partial charge in [0.25, 0.3) is 0 Å². The molecule has 3 atom stereocenters. The van der Waals surface area contributed by atoms with Crippen LogP contribution < -0.4 is 0 Å². The molecule has 1 heterocycles. The fraction of sp³-hybridized carbons (Fsp3) is 0.778. The number of ether oxygens (including phenoxy) is 1. The van der Waals surface area contributed by atoms with E-state index in [4.69, 9.17) is 4.74 Å². The maximum absolute atomic E-state index is 11.4. The molecule has 0 aromatic heterocycles. The molecule has 0 radical (unpaired) electrons. The molecule has 0 aromatic carbocycles. The van der Waals surface area contributed by atoms with Crippen LogP contribution in [-0.2, 0) is 28.9 Å². The molecule has 1 saturated carbocycles. The number of carbonyl (C=O) groups excluding carboxylic acids is 1. The predicted octanol–water partition coefficient (Wildman–Crippen LogP) is 1.07. The average molecular weight is 336 g/mol. The zero-order chi connectivity index (χ0) is 8.93. The van der Waals surface area contributed by atoms with Crippen LogP contribution in [0.25, 0.3) is 0 Å². The molecule has 66 valence electrons. The second-order valence-corrected chi connectivity index (χ2v) is 6.02. The Morgan fingerprint density at radius 2 is 2.33 bits per heavy atom. The third kappa shape index (κ3) is 1.04. The van der Waals surface area contributed by atoms with Gasteiger partial charge in [0.05, 0.1) is 0 Å². The summed E-state index contributed by atoms with van der Waals surface area (Å²) in [6.45, 7) is 4.20. The summed E-state index contributed by atoms with van der Waals surface area (Å²) >= 11 is 1.52. The molecule has 0 unspecified atom stereocenters. The van der Waals surface area contributed by atoms with Crippen LogP contribution in [0.1, 0.15) is 26.7 Å². The normalized spacial score (nSPS) is 46.2. The Bertz CT molecular complexity index is 261. The Balaban J connectivity index is 2.34. The van der Waals surface area contributed by atoms with Crippen LogP contribution in [0.4, 0.5) is 0 Å². The van der Waals surface area contributed by atoms with Crippen molar-refractivity contribution < 1.29 is 28.9 Å². The van der Waals surface area contributed by atoms with Crippen molar-refractivity contribution in [3.63, 3.8) is 0 Å². The zero-order valence-electron chi connectivity index (χ0n) is 7.29. The van der Waals surface area contributed by atoms with Crippen molar-refractivity contribution in [1.29, 1.82) is 0 Å². The van der Waals surface area contributed by atoms with Gasteiger partial charge in [0, 0.05) is 0 Å². The number of hydrogen-bond acceptors (Lipinski definition) is 2. The van der Waals surface area contributed by atoms with Gasteiger partial charge in [-0.15, -0.1) is 0 Å². The van der Waals surface area contributed by atoms with Gasteiger partial charge in [-0.1, -0.05) is 0 Å².